The lowest BCUT2D eigenvalue weighted by molar-refractivity contribution is -0.141. The van der Waals surface area contributed by atoms with Crippen molar-refractivity contribution >= 4 is 17.0 Å². The van der Waals surface area contributed by atoms with Crippen molar-refractivity contribution in [2.24, 2.45) is 0 Å². The van der Waals surface area contributed by atoms with E-state index in [9.17, 15) is 22.8 Å². The highest BCUT2D eigenvalue weighted by atomic mass is 19.4. The van der Waals surface area contributed by atoms with Crippen molar-refractivity contribution < 1.29 is 13.2 Å². The van der Waals surface area contributed by atoms with Crippen LogP contribution >= 0.6 is 0 Å². The molecule has 0 spiro atoms. The zero-order chi connectivity index (χ0) is 18.0. The maximum Gasteiger partial charge on any atom is 0.433 e. The first-order valence-corrected chi connectivity index (χ1v) is 7.08. The fourth-order valence-corrected chi connectivity index (χ4v) is 2.16. The average molecular weight is 352 g/mol. The van der Waals surface area contributed by atoms with Crippen LogP contribution in [0.15, 0.2) is 40.2 Å². The molecule has 3 aromatic rings. The van der Waals surface area contributed by atoms with Gasteiger partial charge in [-0.25, -0.2) is 19.7 Å². The molecule has 130 valence electrons. The monoisotopic (exact) mass is 352 g/mol. The molecular weight excluding hydrogens is 341 g/mol. The third kappa shape index (κ3) is 3.49. The molecule has 0 bridgehead atoms. The number of hydrogen-bond donors (Lipinski definition) is 2. The number of anilines is 1. The number of aromatic nitrogens is 5. The lowest BCUT2D eigenvalue weighted by Crippen LogP contribution is -2.37. The van der Waals surface area contributed by atoms with Crippen LogP contribution in [0.25, 0.3) is 11.0 Å². The number of hydrogen-bond acceptors (Lipinski definition) is 6. The van der Waals surface area contributed by atoms with Crippen LogP contribution in [0.4, 0.5) is 19.1 Å². The average Bonchev–Trinajstić information content (AvgIpc) is 2.57. The molecule has 0 saturated heterocycles. The topological polar surface area (TPSA) is 106 Å². The summed E-state index contributed by atoms with van der Waals surface area (Å²) in [5, 5.41) is 2.55. The van der Waals surface area contributed by atoms with Gasteiger partial charge in [-0.15, -0.1) is 0 Å². The van der Waals surface area contributed by atoms with E-state index in [2.05, 4.69) is 25.3 Å². The maximum absolute atomic E-state index is 12.6. The Hall–Kier alpha value is -3.24. The molecule has 3 heterocycles. The molecule has 0 aliphatic carbocycles. The van der Waals surface area contributed by atoms with Gasteiger partial charge >= 0.3 is 11.9 Å². The van der Waals surface area contributed by atoms with Crippen LogP contribution < -0.4 is 16.6 Å². The lowest BCUT2D eigenvalue weighted by atomic mass is 10.3. The van der Waals surface area contributed by atoms with Gasteiger partial charge in [-0.1, -0.05) is 0 Å². The SMILES string of the molecule is O=c1[nH]c2cccnc2c(=O)n1CCNc1nccc(C(F)(F)F)n1. The van der Waals surface area contributed by atoms with Gasteiger partial charge in [-0.05, 0) is 18.2 Å². The molecule has 0 amide bonds. The van der Waals surface area contributed by atoms with E-state index in [4.69, 9.17) is 0 Å². The number of halogens is 3. The lowest BCUT2D eigenvalue weighted by Gasteiger charge is -2.09. The Labute approximate surface area is 137 Å². The van der Waals surface area contributed by atoms with E-state index in [0.717, 1.165) is 16.8 Å². The largest absolute Gasteiger partial charge is 0.433 e. The van der Waals surface area contributed by atoms with Gasteiger partial charge in [0.15, 0.2) is 5.52 Å². The summed E-state index contributed by atoms with van der Waals surface area (Å²) in [6.45, 7) is -0.122. The van der Waals surface area contributed by atoms with Gasteiger partial charge in [0, 0.05) is 25.5 Å². The van der Waals surface area contributed by atoms with Crippen molar-refractivity contribution in [1.82, 2.24) is 24.5 Å². The number of H-pyrrole nitrogens is 1. The van der Waals surface area contributed by atoms with Crippen molar-refractivity contribution in [1.29, 1.82) is 0 Å². The minimum absolute atomic E-state index is 0.0252. The molecule has 0 radical (unpaired) electrons. The molecule has 11 heteroatoms. The Balaban J connectivity index is 1.78. The summed E-state index contributed by atoms with van der Waals surface area (Å²) in [7, 11) is 0. The first-order valence-electron chi connectivity index (χ1n) is 7.08. The van der Waals surface area contributed by atoms with E-state index >= 15 is 0 Å². The van der Waals surface area contributed by atoms with Crippen LogP contribution in [0.5, 0.6) is 0 Å². The Bertz CT molecular complexity index is 1030. The van der Waals surface area contributed by atoms with E-state index in [1.165, 1.54) is 6.20 Å². The van der Waals surface area contributed by atoms with Crippen LogP contribution in [0.3, 0.4) is 0 Å². The number of rotatable bonds is 4. The van der Waals surface area contributed by atoms with Crippen LogP contribution in [0, 0.1) is 0 Å². The molecule has 8 nitrogen and oxygen atoms in total. The molecule has 0 aromatic carbocycles. The van der Waals surface area contributed by atoms with Gasteiger partial charge in [0.05, 0.1) is 5.52 Å². The summed E-state index contributed by atoms with van der Waals surface area (Å²) < 4.78 is 38.7. The molecule has 0 aliphatic heterocycles. The van der Waals surface area contributed by atoms with Crippen molar-refractivity contribution in [3.63, 3.8) is 0 Å². The predicted molar refractivity (Wildman–Crippen MR) is 82.1 cm³/mol. The fraction of sp³-hybridized carbons (Fsp3) is 0.214. The van der Waals surface area contributed by atoms with Crippen molar-refractivity contribution in [2.45, 2.75) is 12.7 Å². The molecule has 0 fully saturated rings. The number of nitrogens with zero attached hydrogens (tertiary/aromatic N) is 4. The van der Waals surface area contributed by atoms with E-state index in [1.807, 2.05) is 0 Å². The summed E-state index contributed by atoms with van der Waals surface area (Å²) in [6, 6.07) is 3.87. The summed E-state index contributed by atoms with van der Waals surface area (Å²) >= 11 is 0. The second kappa shape index (κ2) is 6.34. The van der Waals surface area contributed by atoms with Gasteiger partial charge in [0.2, 0.25) is 5.95 Å². The summed E-state index contributed by atoms with van der Waals surface area (Å²) in [6.07, 6.45) is -2.20. The van der Waals surface area contributed by atoms with E-state index in [-0.39, 0.29) is 24.6 Å². The van der Waals surface area contributed by atoms with Crippen molar-refractivity contribution in [3.05, 3.63) is 57.1 Å². The third-order valence-corrected chi connectivity index (χ3v) is 3.31. The summed E-state index contributed by atoms with van der Waals surface area (Å²) in [5.74, 6) is -0.252. The van der Waals surface area contributed by atoms with Crippen LogP contribution in [-0.2, 0) is 12.7 Å². The molecule has 0 saturated carbocycles. The minimum atomic E-state index is -4.59. The predicted octanol–water partition coefficient (Wildman–Crippen LogP) is 1.01. The Morgan fingerprint density at radius 3 is 2.72 bits per heavy atom. The van der Waals surface area contributed by atoms with Gasteiger partial charge in [0.1, 0.15) is 5.69 Å². The smallest absolute Gasteiger partial charge is 0.352 e. The van der Waals surface area contributed by atoms with E-state index < -0.39 is 23.1 Å². The number of pyridine rings is 1. The number of fused-ring (bicyclic) bond motifs is 1. The normalized spacial score (nSPS) is 11.6. The standard InChI is InChI=1S/C14H11F3N6O2/c15-14(16,17)9-3-5-19-12(22-9)20-6-7-23-11(24)10-8(21-13(23)25)2-1-4-18-10/h1-5H,6-7H2,(H,21,25)(H,19,20,22). The Kier molecular flexibility index (Phi) is 4.21. The minimum Gasteiger partial charge on any atom is -0.352 e. The van der Waals surface area contributed by atoms with E-state index in [1.54, 1.807) is 12.1 Å². The summed E-state index contributed by atoms with van der Waals surface area (Å²) in [4.78, 5) is 37.6. The highest BCUT2D eigenvalue weighted by molar-refractivity contribution is 5.71. The first-order chi connectivity index (χ1) is 11.9. The molecule has 2 N–H and O–H groups in total. The second-order valence-electron chi connectivity index (χ2n) is 4.98. The maximum atomic E-state index is 12.6. The second-order valence-corrected chi connectivity index (χ2v) is 4.98. The van der Waals surface area contributed by atoms with Gasteiger partial charge in [0.25, 0.3) is 5.56 Å². The fourth-order valence-electron chi connectivity index (χ4n) is 2.16. The molecule has 0 unspecified atom stereocenters. The quantitative estimate of drug-likeness (QED) is 0.726. The highest BCUT2D eigenvalue weighted by Crippen LogP contribution is 2.27. The highest BCUT2D eigenvalue weighted by Gasteiger charge is 2.32. The summed E-state index contributed by atoms with van der Waals surface area (Å²) in [5.41, 5.74) is -1.92. The molecule has 25 heavy (non-hydrogen) atoms. The number of nitrogens with one attached hydrogen (secondary N) is 2. The zero-order valence-electron chi connectivity index (χ0n) is 12.5. The molecule has 3 aromatic heterocycles. The number of alkyl halides is 3. The van der Waals surface area contributed by atoms with Crippen LogP contribution in [-0.4, -0.2) is 31.0 Å². The van der Waals surface area contributed by atoms with Crippen molar-refractivity contribution in [3.8, 4) is 0 Å². The van der Waals surface area contributed by atoms with Gasteiger partial charge < -0.3 is 10.3 Å². The third-order valence-electron chi connectivity index (χ3n) is 3.31. The van der Waals surface area contributed by atoms with Gasteiger partial charge in [-0.3, -0.25) is 9.36 Å². The molecular formula is C14H11F3N6O2. The Morgan fingerprint density at radius 1 is 1.16 bits per heavy atom. The van der Waals surface area contributed by atoms with E-state index in [0.29, 0.717) is 5.52 Å². The van der Waals surface area contributed by atoms with Crippen LogP contribution in [0.1, 0.15) is 5.69 Å². The molecule has 0 aliphatic rings. The Morgan fingerprint density at radius 2 is 1.96 bits per heavy atom. The van der Waals surface area contributed by atoms with Crippen molar-refractivity contribution in [2.75, 3.05) is 11.9 Å². The zero-order valence-corrected chi connectivity index (χ0v) is 12.5. The first kappa shape index (κ1) is 16.6. The molecule has 3 rings (SSSR count). The molecule has 0 atom stereocenters. The van der Waals surface area contributed by atoms with Gasteiger partial charge in [-0.2, -0.15) is 13.2 Å². The number of aromatic amines is 1. The van der Waals surface area contributed by atoms with Crippen LogP contribution in [0.2, 0.25) is 0 Å².